The number of nitrogens with one attached hydrogen (secondary N) is 1. The smallest absolute Gasteiger partial charge is 0.332 e. The Morgan fingerprint density at radius 1 is 1.59 bits per heavy atom. The van der Waals surface area contributed by atoms with Crippen molar-refractivity contribution < 1.29 is 19.1 Å². The van der Waals surface area contributed by atoms with Crippen LogP contribution in [-0.2, 0) is 19.1 Å². The van der Waals surface area contributed by atoms with Crippen LogP contribution in [-0.4, -0.2) is 55.0 Å². The standard InChI is InChI=1S/C10H17N3O4/c1-2-17-10(16)8(11)9(15)13-5-3-4-12-7(14)6-13/h8H,2-6,11H2,1H3,(H,12,14). The number of carbonyl (C=O) groups is 3. The quantitative estimate of drug-likeness (QED) is 0.451. The van der Waals surface area contributed by atoms with E-state index in [1.165, 1.54) is 4.90 Å². The van der Waals surface area contributed by atoms with Crippen LogP contribution >= 0.6 is 0 Å². The van der Waals surface area contributed by atoms with E-state index in [-0.39, 0.29) is 19.1 Å². The summed E-state index contributed by atoms with van der Waals surface area (Å²) in [4.78, 5) is 35.7. The molecule has 0 aromatic rings. The number of nitrogens with two attached hydrogens (primary N) is 1. The summed E-state index contributed by atoms with van der Waals surface area (Å²) in [7, 11) is 0. The number of ether oxygens (including phenoxy) is 1. The number of carbonyl (C=O) groups excluding carboxylic acids is 3. The predicted octanol–water partition coefficient (Wildman–Crippen LogP) is -1.77. The number of rotatable bonds is 3. The summed E-state index contributed by atoms with van der Waals surface area (Å²) in [5.74, 6) is -1.57. The first-order valence-electron chi connectivity index (χ1n) is 5.54. The van der Waals surface area contributed by atoms with Gasteiger partial charge in [0.2, 0.25) is 5.91 Å². The van der Waals surface area contributed by atoms with Crippen LogP contribution in [0.1, 0.15) is 13.3 Å². The highest BCUT2D eigenvalue weighted by atomic mass is 16.5. The first-order chi connectivity index (χ1) is 8.06. The van der Waals surface area contributed by atoms with Gasteiger partial charge in [0.05, 0.1) is 13.2 Å². The highest BCUT2D eigenvalue weighted by Crippen LogP contribution is 2.00. The molecule has 0 bridgehead atoms. The lowest BCUT2D eigenvalue weighted by Crippen LogP contribution is -2.50. The van der Waals surface area contributed by atoms with Crippen LogP contribution in [0.25, 0.3) is 0 Å². The summed E-state index contributed by atoms with van der Waals surface area (Å²) in [6.07, 6.45) is 0.646. The summed E-state index contributed by atoms with van der Waals surface area (Å²) in [6, 6.07) is -1.35. The molecule has 2 amide bonds. The molecule has 1 atom stereocenters. The Kier molecular flexibility index (Phi) is 4.89. The Hall–Kier alpha value is -1.63. The van der Waals surface area contributed by atoms with Gasteiger partial charge in [-0.05, 0) is 13.3 Å². The van der Waals surface area contributed by atoms with Crippen molar-refractivity contribution in [1.82, 2.24) is 10.2 Å². The van der Waals surface area contributed by atoms with Gasteiger partial charge >= 0.3 is 5.97 Å². The monoisotopic (exact) mass is 243 g/mol. The van der Waals surface area contributed by atoms with Crippen LogP contribution in [0.3, 0.4) is 0 Å². The summed E-state index contributed by atoms with van der Waals surface area (Å²) in [5, 5.41) is 2.63. The lowest BCUT2D eigenvalue weighted by molar-refractivity contribution is -0.151. The molecule has 1 aliphatic heterocycles. The van der Waals surface area contributed by atoms with Gasteiger partial charge in [-0.3, -0.25) is 9.59 Å². The largest absolute Gasteiger partial charge is 0.464 e. The minimum absolute atomic E-state index is 0.0636. The van der Waals surface area contributed by atoms with Crippen LogP contribution in [0, 0.1) is 0 Å². The zero-order chi connectivity index (χ0) is 12.8. The van der Waals surface area contributed by atoms with Crippen LogP contribution in [0.2, 0.25) is 0 Å². The van der Waals surface area contributed by atoms with Gasteiger partial charge in [0.25, 0.3) is 5.91 Å². The fraction of sp³-hybridized carbons (Fsp3) is 0.700. The van der Waals surface area contributed by atoms with Crippen molar-refractivity contribution in [1.29, 1.82) is 0 Å². The van der Waals surface area contributed by atoms with Crippen LogP contribution < -0.4 is 11.1 Å². The molecule has 0 spiro atoms. The number of nitrogens with zero attached hydrogens (tertiary/aromatic N) is 1. The molecule has 96 valence electrons. The summed E-state index contributed by atoms with van der Waals surface area (Å²) in [5.41, 5.74) is 5.48. The number of hydrogen-bond donors (Lipinski definition) is 2. The van der Waals surface area contributed by atoms with Gasteiger partial charge < -0.3 is 20.7 Å². The lowest BCUT2D eigenvalue weighted by Gasteiger charge is -2.21. The minimum atomic E-state index is -1.35. The van der Waals surface area contributed by atoms with E-state index in [1.54, 1.807) is 6.92 Å². The molecule has 1 saturated heterocycles. The van der Waals surface area contributed by atoms with E-state index in [0.717, 1.165) is 0 Å². The molecule has 0 aromatic carbocycles. The molecule has 1 fully saturated rings. The van der Waals surface area contributed by atoms with Gasteiger partial charge in [-0.15, -0.1) is 0 Å². The molecular weight excluding hydrogens is 226 g/mol. The van der Waals surface area contributed by atoms with Crippen molar-refractivity contribution in [2.24, 2.45) is 5.73 Å². The average molecular weight is 243 g/mol. The number of amides is 2. The maximum atomic E-state index is 11.8. The molecular formula is C10H17N3O4. The number of hydrogen-bond acceptors (Lipinski definition) is 5. The van der Waals surface area contributed by atoms with Crippen molar-refractivity contribution in [2.45, 2.75) is 19.4 Å². The van der Waals surface area contributed by atoms with E-state index in [2.05, 4.69) is 10.1 Å². The van der Waals surface area contributed by atoms with Gasteiger partial charge in [0.1, 0.15) is 0 Å². The topological polar surface area (TPSA) is 102 Å². The minimum Gasteiger partial charge on any atom is -0.464 e. The molecule has 1 rings (SSSR count). The Bertz CT molecular complexity index is 319. The maximum absolute atomic E-state index is 11.8. The zero-order valence-corrected chi connectivity index (χ0v) is 9.77. The second-order valence-electron chi connectivity index (χ2n) is 3.69. The van der Waals surface area contributed by atoms with E-state index in [4.69, 9.17) is 5.73 Å². The molecule has 7 nitrogen and oxygen atoms in total. The molecule has 0 radical (unpaired) electrons. The van der Waals surface area contributed by atoms with Crippen molar-refractivity contribution in [3.63, 3.8) is 0 Å². The summed E-state index contributed by atoms with van der Waals surface area (Å²) in [6.45, 7) is 2.67. The fourth-order valence-electron chi connectivity index (χ4n) is 1.52. The van der Waals surface area contributed by atoms with Crippen LogP contribution in [0.5, 0.6) is 0 Å². The molecule has 17 heavy (non-hydrogen) atoms. The molecule has 0 saturated carbocycles. The first-order valence-corrected chi connectivity index (χ1v) is 5.54. The van der Waals surface area contributed by atoms with Crippen molar-refractivity contribution in [2.75, 3.05) is 26.2 Å². The van der Waals surface area contributed by atoms with Gasteiger partial charge in [-0.25, -0.2) is 4.79 Å². The lowest BCUT2D eigenvalue weighted by atomic mass is 10.2. The third kappa shape index (κ3) is 3.70. The van der Waals surface area contributed by atoms with Gasteiger partial charge in [0.15, 0.2) is 6.04 Å². The maximum Gasteiger partial charge on any atom is 0.332 e. The normalized spacial score (nSPS) is 18.0. The van der Waals surface area contributed by atoms with E-state index in [0.29, 0.717) is 19.5 Å². The Morgan fingerprint density at radius 3 is 2.94 bits per heavy atom. The summed E-state index contributed by atoms with van der Waals surface area (Å²) < 4.78 is 4.66. The third-order valence-corrected chi connectivity index (χ3v) is 2.38. The molecule has 1 unspecified atom stereocenters. The second-order valence-corrected chi connectivity index (χ2v) is 3.69. The molecule has 0 aromatic heterocycles. The van der Waals surface area contributed by atoms with Gasteiger partial charge in [-0.2, -0.15) is 0 Å². The van der Waals surface area contributed by atoms with E-state index in [9.17, 15) is 14.4 Å². The van der Waals surface area contributed by atoms with E-state index >= 15 is 0 Å². The number of esters is 1. The molecule has 1 heterocycles. The first kappa shape index (κ1) is 13.4. The van der Waals surface area contributed by atoms with Crippen LogP contribution in [0.4, 0.5) is 0 Å². The predicted molar refractivity (Wildman–Crippen MR) is 58.8 cm³/mol. The SMILES string of the molecule is CCOC(=O)C(N)C(=O)N1CCCNC(=O)C1. The van der Waals surface area contributed by atoms with Crippen LogP contribution in [0.15, 0.2) is 0 Å². The average Bonchev–Trinajstić information content (AvgIpc) is 2.52. The van der Waals surface area contributed by atoms with Gasteiger partial charge in [0, 0.05) is 13.1 Å². The third-order valence-electron chi connectivity index (χ3n) is 2.38. The highest BCUT2D eigenvalue weighted by molar-refractivity contribution is 6.02. The molecule has 1 aliphatic rings. The molecule has 3 N–H and O–H groups in total. The Balaban J connectivity index is 2.61. The fourth-order valence-corrected chi connectivity index (χ4v) is 1.52. The van der Waals surface area contributed by atoms with Crippen molar-refractivity contribution >= 4 is 17.8 Å². The summed E-state index contributed by atoms with van der Waals surface area (Å²) >= 11 is 0. The van der Waals surface area contributed by atoms with Crippen molar-refractivity contribution in [3.05, 3.63) is 0 Å². The zero-order valence-electron chi connectivity index (χ0n) is 9.77. The van der Waals surface area contributed by atoms with E-state index in [1.807, 2.05) is 0 Å². The van der Waals surface area contributed by atoms with Crippen molar-refractivity contribution in [3.8, 4) is 0 Å². The highest BCUT2D eigenvalue weighted by Gasteiger charge is 2.30. The van der Waals surface area contributed by atoms with Gasteiger partial charge in [-0.1, -0.05) is 0 Å². The Labute approximate surface area is 99.3 Å². The second kappa shape index (κ2) is 6.19. The van der Waals surface area contributed by atoms with E-state index < -0.39 is 17.9 Å². The molecule has 7 heteroatoms. The molecule has 0 aliphatic carbocycles. The Morgan fingerprint density at radius 2 is 2.29 bits per heavy atom.